The first-order valence-corrected chi connectivity index (χ1v) is 3.85. The van der Waals surface area contributed by atoms with E-state index in [4.69, 9.17) is 9.99 Å². The van der Waals surface area contributed by atoms with Crippen LogP contribution in [0.1, 0.15) is 12.5 Å². The first kappa shape index (κ1) is 9.61. The predicted molar refractivity (Wildman–Crippen MR) is 51.0 cm³/mol. The summed E-state index contributed by atoms with van der Waals surface area (Å²) in [7, 11) is 1.52. The molecule has 0 aliphatic heterocycles. The van der Waals surface area contributed by atoms with Gasteiger partial charge < -0.3 is 9.62 Å². The fraction of sp³-hybridized carbons (Fsp3) is 0.200. The Labute approximate surface area is 77.2 Å². The maximum absolute atomic E-state index is 8.55. The molecule has 1 aromatic rings. The van der Waals surface area contributed by atoms with Crippen molar-refractivity contribution >= 4 is 5.57 Å². The summed E-state index contributed by atoms with van der Waals surface area (Å²) in [6, 6.07) is 5.23. The van der Waals surface area contributed by atoms with Gasteiger partial charge in [-0.15, -0.1) is 0 Å². The standard InChI is InChI=1S/C10H12O3/c1-7(2)8-5-4-6-9(13-11)10(8)12-3/h4-6,11H,1H2,2-3H3. The van der Waals surface area contributed by atoms with Gasteiger partial charge in [0, 0.05) is 5.56 Å². The average Bonchev–Trinajstić information content (AvgIpc) is 2.16. The lowest BCUT2D eigenvalue weighted by molar-refractivity contribution is -0.139. The maximum Gasteiger partial charge on any atom is 0.207 e. The second-order valence-electron chi connectivity index (χ2n) is 2.71. The Morgan fingerprint density at radius 2 is 2.15 bits per heavy atom. The van der Waals surface area contributed by atoms with Crippen LogP contribution in [-0.4, -0.2) is 12.4 Å². The molecule has 0 atom stereocenters. The van der Waals surface area contributed by atoms with Crippen LogP contribution in [-0.2, 0) is 0 Å². The lowest BCUT2D eigenvalue weighted by atomic mass is 10.1. The van der Waals surface area contributed by atoms with Gasteiger partial charge in [0.2, 0.25) is 5.75 Å². The Bertz CT molecular complexity index is 318. The number of hydrogen-bond acceptors (Lipinski definition) is 3. The molecule has 0 bridgehead atoms. The van der Waals surface area contributed by atoms with Gasteiger partial charge in [0.25, 0.3) is 0 Å². The molecule has 0 unspecified atom stereocenters. The van der Waals surface area contributed by atoms with Crippen LogP contribution >= 0.6 is 0 Å². The quantitative estimate of drug-likeness (QED) is 0.574. The van der Waals surface area contributed by atoms with E-state index in [-0.39, 0.29) is 0 Å². The summed E-state index contributed by atoms with van der Waals surface area (Å²) in [6.45, 7) is 5.65. The number of benzene rings is 1. The van der Waals surface area contributed by atoms with Crippen LogP contribution in [0.4, 0.5) is 0 Å². The minimum Gasteiger partial charge on any atom is -0.492 e. The van der Waals surface area contributed by atoms with Crippen molar-refractivity contribution in [3.05, 3.63) is 30.3 Å². The number of allylic oxidation sites excluding steroid dienone is 1. The van der Waals surface area contributed by atoms with E-state index in [0.717, 1.165) is 11.1 Å². The van der Waals surface area contributed by atoms with Crippen molar-refractivity contribution in [1.82, 2.24) is 0 Å². The highest BCUT2D eigenvalue weighted by Crippen LogP contribution is 2.33. The zero-order chi connectivity index (χ0) is 9.84. The van der Waals surface area contributed by atoms with E-state index >= 15 is 0 Å². The van der Waals surface area contributed by atoms with E-state index in [2.05, 4.69) is 11.5 Å². The van der Waals surface area contributed by atoms with Crippen LogP contribution in [0.3, 0.4) is 0 Å². The number of para-hydroxylation sites is 1. The molecule has 0 spiro atoms. The maximum atomic E-state index is 8.55. The molecule has 1 aromatic carbocycles. The molecule has 0 aromatic heterocycles. The SMILES string of the molecule is C=C(C)c1cccc(OO)c1OC. The van der Waals surface area contributed by atoms with Crippen LogP contribution in [0.5, 0.6) is 11.5 Å². The monoisotopic (exact) mass is 180 g/mol. The second-order valence-corrected chi connectivity index (χ2v) is 2.71. The molecule has 0 saturated heterocycles. The molecule has 0 aliphatic rings. The van der Waals surface area contributed by atoms with Gasteiger partial charge in [0.05, 0.1) is 7.11 Å². The minimum atomic E-state index is 0.294. The number of rotatable bonds is 3. The summed E-state index contributed by atoms with van der Waals surface area (Å²) in [6.07, 6.45) is 0. The molecule has 0 heterocycles. The molecule has 3 heteroatoms. The van der Waals surface area contributed by atoms with Gasteiger partial charge >= 0.3 is 0 Å². The first-order valence-electron chi connectivity index (χ1n) is 3.85. The van der Waals surface area contributed by atoms with E-state index in [1.807, 2.05) is 13.0 Å². The van der Waals surface area contributed by atoms with E-state index in [9.17, 15) is 0 Å². The highest BCUT2D eigenvalue weighted by molar-refractivity contribution is 5.70. The van der Waals surface area contributed by atoms with Crippen molar-refractivity contribution < 1.29 is 14.9 Å². The summed E-state index contributed by atoms with van der Waals surface area (Å²) in [4.78, 5) is 4.16. The van der Waals surface area contributed by atoms with Crippen molar-refractivity contribution in [2.75, 3.05) is 7.11 Å². The smallest absolute Gasteiger partial charge is 0.207 e. The van der Waals surface area contributed by atoms with Crippen LogP contribution in [0.2, 0.25) is 0 Å². The zero-order valence-corrected chi connectivity index (χ0v) is 7.70. The highest BCUT2D eigenvalue weighted by atomic mass is 17.1. The number of hydrogen-bond donors (Lipinski definition) is 1. The molecule has 0 saturated carbocycles. The van der Waals surface area contributed by atoms with Crippen molar-refractivity contribution in [3.8, 4) is 11.5 Å². The Hall–Kier alpha value is -1.48. The van der Waals surface area contributed by atoms with Crippen LogP contribution in [0.15, 0.2) is 24.8 Å². The fourth-order valence-electron chi connectivity index (χ4n) is 1.13. The third-order valence-corrected chi connectivity index (χ3v) is 1.74. The van der Waals surface area contributed by atoms with Crippen LogP contribution in [0, 0.1) is 0 Å². The molecule has 70 valence electrons. The molecule has 3 nitrogen and oxygen atoms in total. The van der Waals surface area contributed by atoms with E-state index < -0.39 is 0 Å². The predicted octanol–water partition coefficient (Wildman–Crippen LogP) is 2.58. The Morgan fingerprint density at radius 3 is 2.62 bits per heavy atom. The van der Waals surface area contributed by atoms with E-state index in [0.29, 0.717) is 11.5 Å². The van der Waals surface area contributed by atoms with Gasteiger partial charge in [-0.3, -0.25) is 0 Å². The third-order valence-electron chi connectivity index (χ3n) is 1.74. The van der Waals surface area contributed by atoms with Crippen molar-refractivity contribution in [2.24, 2.45) is 0 Å². The molecular weight excluding hydrogens is 168 g/mol. The van der Waals surface area contributed by atoms with Crippen molar-refractivity contribution in [1.29, 1.82) is 0 Å². The molecule has 1 rings (SSSR count). The average molecular weight is 180 g/mol. The van der Waals surface area contributed by atoms with Gasteiger partial charge in [-0.25, -0.2) is 5.26 Å². The molecule has 0 fully saturated rings. The van der Waals surface area contributed by atoms with E-state index in [1.54, 1.807) is 12.1 Å². The molecule has 0 amide bonds. The third kappa shape index (κ3) is 1.81. The summed E-state index contributed by atoms with van der Waals surface area (Å²) in [5.41, 5.74) is 1.69. The molecule has 0 aliphatic carbocycles. The van der Waals surface area contributed by atoms with Gasteiger partial charge in [-0.2, -0.15) is 0 Å². The van der Waals surface area contributed by atoms with Crippen molar-refractivity contribution in [3.63, 3.8) is 0 Å². The normalized spacial score (nSPS) is 9.46. The molecular formula is C10H12O3. The van der Waals surface area contributed by atoms with Crippen molar-refractivity contribution in [2.45, 2.75) is 6.92 Å². The Kier molecular flexibility index (Phi) is 2.93. The largest absolute Gasteiger partial charge is 0.492 e. The lowest BCUT2D eigenvalue weighted by Crippen LogP contribution is -1.94. The number of ether oxygens (including phenoxy) is 1. The summed E-state index contributed by atoms with van der Waals surface area (Å²) >= 11 is 0. The molecule has 0 radical (unpaired) electrons. The summed E-state index contributed by atoms with van der Waals surface area (Å²) in [5.74, 6) is 0.792. The lowest BCUT2D eigenvalue weighted by Gasteiger charge is -2.10. The highest BCUT2D eigenvalue weighted by Gasteiger charge is 2.10. The van der Waals surface area contributed by atoms with Gasteiger partial charge in [-0.05, 0) is 18.6 Å². The molecule has 13 heavy (non-hydrogen) atoms. The first-order chi connectivity index (χ1) is 6.20. The fourth-order valence-corrected chi connectivity index (χ4v) is 1.13. The molecule has 1 N–H and O–H groups in total. The Balaban J connectivity index is 3.27. The Morgan fingerprint density at radius 1 is 1.46 bits per heavy atom. The second kappa shape index (κ2) is 3.96. The van der Waals surface area contributed by atoms with Crippen LogP contribution in [0.25, 0.3) is 5.57 Å². The van der Waals surface area contributed by atoms with Gasteiger partial charge in [0.15, 0.2) is 5.75 Å². The summed E-state index contributed by atoms with van der Waals surface area (Å²) < 4.78 is 5.08. The summed E-state index contributed by atoms with van der Waals surface area (Å²) in [5, 5.41) is 8.55. The van der Waals surface area contributed by atoms with E-state index in [1.165, 1.54) is 7.11 Å². The number of methoxy groups -OCH3 is 1. The van der Waals surface area contributed by atoms with Gasteiger partial charge in [0.1, 0.15) is 0 Å². The van der Waals surface area contributed by atoms with Gasteiger partial charge in [-0.1, -0.05) is 18.7 Å². The topological polar surface area (TPSA) is 38.7 Å². The zero-order valence-electron chi connectivity index (χ0n) is 7.70. The minimum absolute atomic E-state index is 0.294. The van der Waals surface area contributed by atoms with Crippen LogP contribution < -0.4 is 9.62 Å².